The van der Waals surface area contributed by atoms with E-state index in [9.17, 15) is 9.18 Å². The highest BCUT2D eigenvalue weighted by Crippen LogP contribution is 2.35. The van der Waals surface area contributed by atoms with Gasteiger partial charge in [-0.1, -0.05) is 50.9 Å². The van der Waals surface area contributed by atoms with Crippen molar-refractivity contribution in [2.24, 2.45) is 5.73 Å². The van der Waals surface area contributed by atoms with Gasteiger partial charge >= 0.3 is 0 Å². The van der Waals surface area contributed by atoms with Gasteiger partial charge in [-0.3, -0.25) is 4.79 Å². The standard InChI is InChI=1S/C16H16FNO.C4H9N.C2H7N/c1-3-12-9-10-18(11-19)16(15(12)4-2)13-5-7-14(17)8-6-13;1-3-4(2)5;1-3-2/h3-8,11,16H,1-2,9-10H2;2-3,5H2,1H3;3H,1-2H3/t16-;;/m0../s1. The predicted octanol–water partition coefficient (Wildman–Crippen LogP) is 4.10. The first kappa shape index (κ1) is 24.3. The van der Waals surface area contributed by atoms with Crippen LogP contribution in [0.15, 0.2) is 73.0 Å². The third-order valence-electron chi connectivity index (χ3n) is 3.88. The summed E-state index contributed by atoms with van der Waals surface area (Å²) in [6, 6.07) is 6.00. The van der Waals surface area contributed by atoms with Crippen molar-refractivity contribution in [1.29, 1.82) is 0 Å². The van der Waals surface area contributed by atoms with E-state index in [1.54, 1.807) is 29.2 Å². The smallest absolute Gasteiger partial charge is 0.210 e. The van der Waals surface area contributed by atoms with Crippen molar-refractivity contribution in [3.05, 3.63) is 84.4 Å². The molecular formula is C22H32FN3O. The van der Waals surface area contributed by atoms with Crippen LogP contribution in [-0.2, 0) is 4.79 Å². The molecule has 0 fully saturated rings. The van der Waals surface area contributed by atoms with Crippen LogP contribution in [0.25, 0.3) is 0 Å². The molecule has 1 atom stereocenters. The van der Waals surface area contributed by atoms with Crippen molar-refractivity contribution in [1.82, 2.24) is 10.2 Å². The van der Waals surface area contributed by atoms with Crippen LogP contribution in [0.4, 0.5) is 4.39 Å². The van der Waals surface area contributed by atoms with Gasteiger partial charge in [0, 0.05) is 12.2 Å². The van der Waals surface area contributed by atoms with Gasteiger partial charge in [0.05, 0.1) is 6.04 Å². The molecular weight excluding hydrogens is 341 g/mol. The lowest BCUT2D eigenvalue weighted by atomic mass is 9.88. The number of rotatable bonds is 5. The Labute approximate surface area is 162 Å². The lowest BCUT2D eigenvalue weighted by molar-refractivity contribution is -0.119. The van der Waals surface area contributed by atoms with Crippen LogP contribution in [0.2, 0.25) is 0 Å². The van der Waals surface area contributed by atoms with E-state index in [4.69, 9.17) is 5.73 Å². The van der Waals surface area contributed by atoms with Crippen LogP contribution in [0.1, 0.15) is 31.4 Å². The molecule has 27 heavy (non-hydrogen) atoms. The van der Waals surface area contributed by atoms with E-state index < -0.39 is 0 Å². The Balaban J connectivity index is 0.000000719. The van der Waals surface area contributed by atoms with Crippen LogP contribution in [0.3, 0.4) is 0 Å². The number of halogens is 1. The van der Waals surface area contributed by atoms with Gasteiger partial charge in [0.25, 0.3) is 0 Å². The molecule has 0 unspecified atom stereocenters. The van der Waals surface area contributed by atoms with Gasteiger partial charge < -0.3 is 16.0 Å². The highest BCUT2D eigenvalue weighted by molar-refractivity contribution is 5.55. The number of carbonyl (C=O) groups excluding carboxylic acids is 1. The second kappa shape index (κ2) is 13.5. The lowest BCUT2D eigenvalue weighted by Crippen LogP contribution is -2.33. The third-order valence-corrected chi connectivity index (χ3v) is 3.88. The van der Waals surface area contributed by atoms with Crippen molar-refractivity contribution in [2.45, 2.75) is 25.8 Å². The SMILES string of the molecule is C=C(N)CC.C=CC1=C(C=C)[C@H](c2ccc(F)cc2)N(C=O)CC1.CNC. The third kappa shape index (κ3) is 8.05. The molecule has 5 heteroatoms. The predicted molar refractivity (Wildman–Crippen MR) is 113 cm³/mol. The molecule has 1 aromatic rings. The summed E-state index contributed by atoms with van der Waals surface area (Å²) in [6.07, 6.45) is 6.04. The quantitative estimate of drug-likeness (QED) is 0.764. The Morgan fingerprint density at radius 1 is 1.30 bits per heavy atom. The number of hydrogen-bond donors (Lipinski definition) is 2. The summed E-state index contributed by atoms with van der Waals surface area (Å²) < 4.78 is 13.0. The molecule has 1 heterocycles. The van der Waals surface area contributed by atoms with Crippen molar-refractivity contribution < 1.29 is 9.18 Å². The van der Waals surface area contributed by atoms with Gasteiger partial charge in [-0.05, 0) is 55.8 Å². The summed E-state index contributed by atoms with van der Waals surface area (Å²) in [7, 11) is 3.75. The van der Waals surface area contributed by atoms with E-state index in [1.807, 2.05) is 21.0 Å². The minimum atomic E-state index is -0.287. The lowest BCUT2D eigenvalue weighted by Gasteiger charge is -2.35. The number of carbonyl (C=O) groups is 1. The van der Waals surface area contributed by atoms with E-state index in [0.29, 0.717) is 6.54 Å². The molecule has 3 N–H and O–H groups in total. The minimum Gasteiger partial charge on any atom is -0.403 e. The van der Waals surface area contributed by atoms with Gasteiger partial charge in [0.2, 0.25) is 6.41 Å². The fourth-order valence-corrected chi connectivity index (χ4v) is 2.47. The first-order chi connectivity index (χ1) is 12.9. The second-order valence-electron chi connectivity index (χ2n) is 5.95. The number of hydrogen-bond acceptors (Lipinski definition) is 3. The Kier molecular flexibility index (Phi) is 12.2. The number of nitrogens with one attached hydrogen (secondary N) is 1. The van der Waals surface area contributed by atoms with Crippen LogP contribution >= 0.6 is 0 Å². The van der Waals surface area contributed by atoms with Crippen molar-refractivity contribution in [2.75, 3.05) is 20.6 Å². The monoisotopic (exact) mass is 373 g/mol. The Bertz CT molecular complexity index is 650. The zero-order valence-electron chi connectivity index (χ0n) is 16.7. The maximum atomic E-state index is 13.0. The Morgan fingerprint density at radius 3 is 2.19 bits per heavy atom. The molecule has 1 aliphatic rings. The minimum absolute atomic E-state index is 0.211. The van der Waals surface area contributed by atoms with Crippen molar-refractivity contribution in [3.8, 4) is 0 Å². The highest BCUT2D eigenvalue weighted by atomic mass is 19.1. The van der Waals surface area contributed by atoms with Gasteiger partial charge in [-0.15, -0.1) is 0 Å². The molecule has 148 valence electrons. The number of allylic oxidation sites excluding steroid dienone is 2. The molecule has 0 bridgehead atoms. The Hall–Kier alpha value is -2.66. The Morgan fingerprint density at radius 2 is 1.81 bits per heavy atom. The molecule has 4 nitrogen and oxygen atoms in total. The zero-order valence-corrected chi connectivity index (χ0v) is 16.7. The summed E-state index contributed by atoms with van der Waals surface area (Å²) in [5.41, 5.74) is 8.77. The first-order valence-electron chi connectivity index (χ1n) is 8.86. The molecule has 1 aromatic carbocycles. The van der Waals surface area contributed by atoms with Crippen molar-refractivity contribution >= 4 is 6.41 Å². The molecule has 0 radical (unpaired) electrons. The van der Waals surface area contributed by atoms with E-state index in [2.05, 4.69) is 25.1 Å². The maximum Gasteiger partial charge on any atom is 0.210 e. The molecule has 1 amide bonds. The summed E-state index contributed by atoms with van der Waals surface area (Å²) >= 11 is 0. The molecule has 0 spiro atoms. The van der Waals surface area contributed by atoms with E-state index >= 15 is 0 Å². The van der Waals surface area contributed by atoms with Gasteiger partial charge in [0.15, 0.2) is 0 Å². The largest absolute Gasteiger partial charge is 0.403 e. The fraction of sp³-hybridized carbons (Fsp3) is 0.318. The number of amides is 1. The molecule has 0 aromatic heterocycles. The average molecular weight is 374 g/mol. The van der Waals surface area contributed by atoms with E-state index in [0.717, 1.165) is 41.7 Å². The molecule has 2 rings (SSSR count). The normalized spacial score (nSPS) is 15.6. The molecule has 1 aliphatic heterocycles. The molecule has 0 saturated carbocycles. The summed E-state index contributed by atoms with van der Waals surface area (Å²) in [5, 5.41) is 2.75. The average Bonchev–Trinajstić information content (AvgIpc) is 2.68. The van der Waals surface area contributed by atoms with Gasteiger partial charge in [-0.2, -0.15) is 0 Å². The van der Waals surface area contributed by atoms with Crippen LogP contribution in [0.5, 0.6) is 0 Å². The van der Waals surface area contributed by atoms with E-state index in [-0.39, 0.29) is 11.9 Å². The number of nitrogens with zero attached hydrogens (tertiary/aromatic N) is 1. The first-order valence-corrected chi connectivity index (χ1v) is 8.86. The van der Waals surface area contributed by atoms with Gasteiger partial charge in [-0.25, -0.2) is 4.39 Å². The molecule has 0 aliphatic carbocycles. The zero-order chi connectivity index (χ0) is 20.8. The summed E-state index contributed by atoms with van der Waals surface area (Å²) in [4.78, 5) is 12.9. The van der Waals surface area contributed by atoms with Gasteiger partial charge in [0.1, 0.15) is 5.82 Å². The van der Waals surface area contributed by atoms with Crippen LogP contribution in [-0.4, -0.2) is 32.0 Å². The topological polar surface area (TPSA) is 58.4 Å². The summed E-state index contributed by atoms with van der Waals surface area (Å²) in [5.74, 6) is -0.287. The number of benzene rings is 1. The maximum absolute atomic E-state index is 13.0. The van der Waals surface area contributed by atoms with E-state index in [1.165, 1.54) is 12.1 Å². The molecule has 0 saturated heterocycles. The fourth-order valence-electron chi connectivity index (χ4n) is 2.47. The highest BCUT2D eigenvalue weighted by Gasteiger charge is 2.27. The van der Waals surface area contributed by atoms with Crippen LogP contribution < -0.4 is 11.1 Å². The second-order valence-corrected chi connectivity index (χ2v) is 5.95. The summed E-state index contributed by atoms with van der Waals surface area (Å²) in [6.45, 7) is 13.7. The van der Waals surface area contributed by atoms with Crippen molar-refractivity contribution in [3.63, 3.8) is 0 Å². The number of nitrogens with two attached hydrogens (primary N) is 1. The van der Waals surface area contributed by atoms with Crippen LogP contribution in [0, 0.1) is 5.82 Å².